The first kappa shape index (κ1) is 30.8. The minimum absolute atomic E-state index is 0.163. The minimum atomic E-state index is -0.777. The van der Waals surface area contributed by atoms with Gasteiger partial charge in [0.1, 0.15) is 29.0 Å². The van der Waals surface area contributed by atoms with Crippen molar-refractivity contribution in [1.29, 1.82) is 0 Å². The van der Waals surface area contributed by atoms with Gasteiger partial charge in [0.25, 0.3) is 0 Å². The van der Waals surface area contributed by atoms with Crippen LogP contribution in [0.5, 0.6) is 11.5 Å². The van der Waals surface area contributed by atoms with E-state index in [1.54, 1.807) is 32.5 Å². The third-order valence-corrected chi connectivity index (χ3v) is 8.34. The molecule has 3 atom stereocenters. The maximum absolute atomic E-state index is 14.3. The molecule has 10 heteroatoms. The van der Waals surface area contributed by atoms with Crippen LogP contribution in [0.3, 0.4) is 0 Å². The quantitative estimate of drug-likeness (QED) is 0.352. The lowest BCUT2D eigenvalue weighted by Gasteiger charge is -2.43. The van der Waals surface area contributed by atoms with Crippen LogP contribution in [0.2, 0.25) is 0 Å². The number of para-hydroxylation sites is 1. The lowest BCUT2D eigenvalue weighted by atomic mass is 10.0. The van der Waals surface area contributed by atoms with Crippen molar-refractivity contribution in [2.45, 2.75) is 64.0 Å². The number of carbonyl (C=O) groups is 3. The molecule has 0 saturated carbocycles. The zero-order valence-corrected chi connectivity index (χ0v) is 25.8. The van der Waals surface area contributed by atoms with Crippen LogP contribution in [0.15, 0.2) is 60.0 Å². The second-order valence-electron chi connectivity index (χ2n) is 11.3. The van der Waals surface area contributed by atoms with Crippen molar-refractivity contribution in [2.75, 3.05) is 30.4 Å². The highest BCUT2D eigenvalue weighted by Gasteiger charge is 2.43. The number of hydrogen-bond donors (Lipinski definition) is 0. The zero-order chi connectivity index (χ0) is 29.7. The molecular formula is C31H38ClN3O5S. The summed E-state index contributed by atoms with van der Waals surface area (Å²) in [4.78, 5) is 45.5. The Morgan fingerprint density at radius 3 is 2.41 bits per heavy atom. The van der Waals surface area contributed by atoms with E-state index in [9.17, 15) is 14.4 Å². The molecule has 0 aliphatic carbocycles. The van der Waals surface area contributed by atoms with E-state index in [-0.39, 0.29) is 29.0 Å². The molecule has 1 saturated heterocycles. The molecule has 2 aromatic rings. The monoisotopic (exact) mass is 599 g/mol. The number of anilines is 1. The molecule has 0 bridgehead atoms. The summed E-state index contributed by atoms with van der Waals surface area (Å²) in [6.07, 6.45) is 2.28. The van der Waals surface area contributed by atoms with E-state index >= 15 is 0 Å². The summed E-state index contributed by atoms with van der Waals surface area (Å²) in [6, 6.07) is 13.9. The first-order valence-corrected chi connectivity index (χ1v) is 15.3. The smallest absolute Gasteiger partial charge is 0.410 e. The Bertz CT molecular complexity index is 1270. The Balaban J connectivity index is 1.60. The van der Waals surface area contributed by atoms with Gasteiger partial charge in [-0.3, -0.25) is 14.5 Å². The number of benzene rings is 2. The summed E-state index contributed by atoms with van der Waals surface area (Å²) in [5.41, 5.74) is 0.792. The lowest BCUT2D eigenvalue weighted by Crippen LogP contribution is -2.62. The van der Waals surface area contributed by atoms with Crippen LogP contribution in [-0.2, 0) is 14.3 Å². The summed E-state index contributed by atoms with van der Waals surface area (Å²) in [5.74, 6) is 0.554. The maximum Gasteiger partial charge on any atom is 0.410 e. The van der Waals surface area contributed by atoms with Gasteiger partial charge in [0.15, 0.2) is 0 Å². The van der Waals surface area contributed by atoms with E-state index in [1.165, 1.54) is 0 Å². The molecule has 4 rings (SSSR count). The number of hydrogen-bond acceptors (Lipinski definition) is 6. The minimum Gasteiger partial charge on any atom is -0.457 e. The van der Waals surface area contributed by atoms with Crippen LogP contribution >= 0.6 is 23.4 Å². The highest BCUT2D eigenvalue weighted by Crippen LogP contribution is 2.36. The molecule has 41 heavy (non-hydrogen) atoms. The van der Waals surface area contributed by atoms with Crippen LogP contribution in [0.1, 0.15) is 39.7 Å². The van der Waals surface area contributed by atoms with Gasteiger partial charge in [0, 0.05) is 36.6 Å². The van der Waals surface area contributed by atoms with Gasteiger partial charge in [-0.15, -0.1) is 23.4 Å². The Kier molecular flexibility index (Phi) is 9.92. The van der Waals surface area contributed by atoms with Gasteiger partial charge in [-0.1, -0.05) is 24.3 Å². The fourth-order valence-corrected chi connectivity index (χ4v) is 6.23. The van der Waals surface area contributed by atoms with Gasteiger partial charge in [-0.2, -0.15) is 0 Å². The molecule has 0 aromatic heterocycles. The molecule has 2 aliphatic heterocycles. The summed E-state index contributed by atoms with van der Waals surface area (Å²) in [7, 11) is 0. The second-order valence-corrected chi connectivity index (χ2v) is 12.7. The number of rotatable bonds is 7. The zero-order valence-electron chi connectivity index (χ0n) is 24.2. The van der Waals surface area contributed by atoms with Gasteiger partial charge in [-0.25, -0.2) is 4.79 Å². The summed E-state index contributed by atoms with van der Waals surface area (Å²) >= 11 is 7.68. The van der Waals surface area contributed by atoms with Gasteiger partial charge in [0.2, 0.25) is 11.8 Å². The fraction of sp³-hybridized carbons (Fsp3) is 0.452. The van der Waals surface area contributed by atoms with Crippen molar-refractivity contribution in [3.05, 3.63) is 65.6 Å². The van der Waals surface area contributed by atoms with Crippen LogP contribution in [0.4, 0.5) is 10.5 Å². The van der Waals surface area contributed by atoms with Crippen molar-refractivity contribution in [1.82, 2.24) is 9.80 Å². The Morgan fingerprint density at radius 1 is 1.10 bits per heavy atom. The van der Waals surface area contributed by atoms with E-state index in [1.807, 2.05) is 88.6 Å². The molecule has 2 heterocycles. The highest BCUT2D eigenvalue weighted by molar-refractivity contribution is 8.03. The number of carbonyl (C=O) groups excluding carboxylic acids is 3. The molecule has 0 N–H and O–H groups in total. The van der Waals surface area contributed by atoms with Gasteiger partial charge in [-0.05, 0) is 82.3 Å². The van der Waals surface area contributed by atoms with E-state index in [0.717, 1.165) is 5.56 Å². The third-order valence-electron chi connectivity index (χ3n) is 6.96. The van der Waals surface area contributed by atoms with Crippen LogP contribution in [0, 0.1) is 6.92 Å². The maximum atomic E-state index is 14.3. The average Bonchev–Trinajstić information content (AvgIpc) is 3.45. The van der Waals surface area contributed by atoms with Crippen molar-refractivity contribution in [2.24, 2.45) is 0 Å². The van der Waals surface area contributed by atoms with E-state index < -0.39 is 17.7 Å². The van der Waals surface area contributed by atoms with Crippen molar-refractivity contribution >= 4 is 47.0 Å². The number of aryl methyl sites for hydroxylation is 1. The lowest BCUT2D eigenvalue weighted by molar-refractivity contribution is -0.137. The molecule has 3 amide bonds. The molecule has 220 valence electrons. The largest absolute Gasteiger partial charge is 0.457 e. The van der Waals surface area contributed by atoms with E-state index in [4.69, 9.17) is 21.1 Å². The number of piperazine rings is 1. The van der Waals surface area contributed by atoms with Crippen molar-refractivity contribution < 1.29 is 23.9 Å². The Hall–Kier alpha value is -3.17. The van der Waals surface area contributed by atoms with Gasteiger partial charge < -0.3 is 19.3 Å². The number of halogens is 1. The summed E-state index contributed by atoms with van der Waals surface area (Å²) in [6.45, 7) is 10.3. The number of allylic oxidation sites excluding steroid dienone is 1. The fourth-order valence-electron chi connectivity index (χ4n) is 5.07. The highest BCUT2D eigenvalue weighted by atomic mass is 35.5. The normalized spacial score (nSPS) is 19.6. The molecule has 3 unspecified atom stereocenters. The Labute approximate surface area is 251 Å². The number of ether oxygens (including phenoxy) is 2. The molecule has 0 radical (unpaired) electrons. The van der Waals surface area contributed by atoms with E-state index in [0.29, 0.717) is 43.2 Å². The standard InChI is InChI=1S/C31H38ClN3O5S/c1-21-18-24(39-23-10-7-6-8-11-23)13-14-25(21)35(27(36)19-32)28(26-12-9-17-41-26)29(37)33-15-16-34(22(2)20-33)30(38)40-31(3,4)5/h6-11,13-14,17-18,22,26,28H,12,15-16,19-20H2,1-5H3. The predicted octanol–water partition coefficient (Wildman–Crippen LogP) is 6.21. The molecule has 0 spiro atoms. The van der Waals surface area contributed by atoms with Crippen molar-refractivity contribution in [3.8, 4) is 11.5 Å². The van der Waals surface area contributed by atoms with Gasteiger partial charge >= 0.3 is 6.09 Å². The first-order chi connectivity index (χ1) is 19.5. The van der Waals surface area contributed by atoms with Crippen molar-refractivity contribution in [3.63, 3.8) is 0 Å². The SMILES string of the molecule is Cc1cc(Oc2ccccc2)ccc1N(C(=O)CCl)C(C(=O)N1CCN(C(=O)OC(C)(C)C)C(C)C1)C1CC=CS1. The van der Waals surface area contributed by atoms with E-state index in [2.05, 4.69) is 0 Å². The number of alkyl halides is 1. The average molecular weight is 600 g/mol. The van der Waals surface area contributed by atoms with Gasteiger partial charge in [0.05, 0.1) is 0 Å². The first-order valence-electron chi connectivity index (χ1n) is 13.8. The number of amides is 3. The molecule has 2 aliphatic rings. The second kappa shape index (κ2) is 13.2. The topological polar surface area (TPSA) is 79.4 Å². The summed E-state index contributed by atoms with van der Waals surface area (Å²) < 4.78 is 11.6. The third kappa shape index (κ3) is 7.57. The molecule has 2 aromatic carbocycles. The number of nitrogens with zero attached hydrogens (tertiary/aromatic N) is 3. The van der Waals surface area contributed by atoms with Crippen LogP contribution in [-0.4, -0.2) is 76.2 Å². The van der Waals surface area contributed by atoms with Crippen LogP contribution in [0.25, 0.3) is 0 Å². The molecular weight excluding hydrogens is 562 g/mol. The summed E-state index contributed by atoms with van der Waals surface area (Å²) in [5, 5.41) is 1.80. The predicted molar refractivity (Wildman–Crippen MR) is 164 cm³/mol. The molecule has 8 nitrogen and oxygen atoms in total. The molecule has 1 fully saturated rings. The number of thioether (sulfide) groups is 1. The van der Waals surface area contributed by atoms with Crippen LogP contribution < -0.4 is 9.64 Å². The Morgan fingerprint density at radius 2 is 1.83 bits per heavy atom.